The predicted octanol–water partition coefficient (Wildman–Crippen LogP) is 1.67. The normalized spacial score (nSPS) is 14.4. The SMILES string of the molecule is Cc1nc(C=NCC[N-]C(C)CC(C)O)c[nH]1.[Cu+2]. The van der Waals surface area contributed by atoms with Gasteiger partial charge in [0.2, 0.25) is 0 Å². The van der Waals surface area contributed by atoms with Gasteiger partial charge in [0.15, 0.2) is 0 Å². The first-order valence-electron chi connectivity index (χ1n) is 5.94. The van der Waals surface area contributed by atoms with E-state index in [0.717, 1.165) is 11.5 Å². The first-order chi connectivity index (χ1) is 8.08. The van der Waals surface area contributed by atoms with Gasteiger partial charge in [-0.05, 0) is 20.3 Å². The third kappa shape index (κ3) is 7.61. The van der Waals surface area contributed by atoms with Gasteiger partial charge in [0.05, 0.1) is 5.69 Å². The minimum atomic E-state index is -0.288. The molecule has 0 aliphatic rings. The Bertz CT molecular complexity index is 352. The largest absolute Gasteiger partial charge is 2.00 e. The van der Waals surface area contributed by atoms with Crippen molar-refractivity contribution in [2.75, 3.05) is 13.1 Å². The fraction of sp³-hybridized carbons (Fsp3) is 0.667. The molecule has 0 saturated carbocycles. The molecule has 1 heterocycles. The van der Waals surface area contributed by atoms with Gasteiger partial charge in [0.1, 0.15) is 5.82 Å². The molecule has 0 aliphatic heterocycles. The molecule has 2 atom stereocenters. The van der Waals surface area contributed by atoms with Gasteiger partial charge in [-0.2, -0.15) is 0 Å². The number of aliphatic hydroxyl groups excluding tert-OH is 1. The molecule has 2 N–H and O–H groups in total. The molecule has 0 aliphatic carbocycles. The van der Waals surface area contributed by atoms with Crippen LogP contribution in [0.5, 0.6) is 0 Å². The number of nitrogens with one attached hydrogen (secondary N) is 1. The topological polar surface area (TPSA) is 75.4 Å². The number of aromatic amines is 1. The van der Waals surface area contributed by atoms with Crippen molar-refractivity contribution in [1.29, 1.82) is 0 Å². The molecule has 18 heavy (non-hydrogen) atoms. The van der Waals surface area contributed by atoms with Gasteiger partial charge in [-0.3, -0.25) is 4.99 Å². The van der Waals surface area contributed by atoms with Gasteiger partial charge in [-0.1, -0.05) is 6.92 Å². The fourth-order valence-electron chi connectivity index (χ4n) is 1.56. The zero-order valence-corrected chi connectivity index (χ0v) is 12.0. The summed E-state index contributed by atoms with van der Waals surface area (Å²) in [5, 5.41) is 13.6. The molecule has 0 spiro atoms. The fourth-order valence-corrected chi connectivity index (χ4v) is 1.56. The standard InChI is InChI=1S/C12H21N4O.Cu/c1-9(6-10(2)17)14-5-4-13-7-12-8-15-11(3)16-12;/h7-10,17H,4-6H2,1-3H3,(H,15,16);/q-1;+2. The van der Waals surface area contributed by atoms with Crippen LogP contribution >= 0.6 is 0 Å². The van der Waals surface area contributed by atoms with Crippen molar-refractivity contribution < 1.29 is 22.2 Å². The van der Waals surface area contributed by atoms with Crippen LogP contribution in [0, 0.1) is 6.92 Å². The number of aryl methyl sites for hydroxylation is 1. The molecule has 1 rings (SSSR count). The maximum absolute atomic E-state index is 9.18. The Hall–Kier alpha value is -0.681. The summed E-state index contributed by atoms with van der Waals surface area (Å²) in [7, 11) is 0. The van der Waals surface area contributed by atoms with Crippen LogP contribution < -0.4 is 0 Å². The van der Waals surface area contributed by atoms with Crippen LogP contribution in [0.3, 0.4) is 0 Å². The van der Waals surface area contributed by atoms with E-state index in [-0.39, 0.29) is 29.2 Å². The molecule has 5 nitrogen and oxygen atoms in total. The van der Waals surface area contributed by atoms with Gasteiger partial charge in [-0.25, -0.2) is 4.98 Å². The van der Waals surface area contributed by atoms with Crippen LogP contribution in [0.2, 0.25) is 0 Å². The van der Waals surface area contributed by atoms with Crippen molar-refractivity contribution in [2.45, 2.75) is 39.3 Å². The first-order valence-corrected chi connectivity index (χ1v) is 5.94. The average molecular weight is 301 g/mol. The van der Waals surface area contributed by atoms with Gasteiger partial charge >= 0.3 is 17.1 Å². The van der Waals surface area contributed by atoms with Crippen molar-refractivity contribution >= 4 is 6.21 Å². The van der Waals surface area contributed by atoms with Crippen molar-refractivity contribution in [2.24, 2.45) is 4.99 Å². The second-order valence-corrected chi connectivity index (χ2v) is 4.29. The van der Waals surface area contributed by atoms with E-state index >= 15 is 0 Å². The number of imidazole rings is 1. The number of aliphatic hydroxyl groups is 1. The zero-order valence-electron chi connectivity index (χ0n) is 11.0. The van der Waals surface area contributed by atoms with Crippen molar-refractivity contribution in [3.05, 3.63) is 23.0 Å². The molecule has 2 unspecified atom stereocenters. The van der Waals surface area contributed by atoms with Crippen molar-refractivity contribution in [1.82, 2.24) is 9.97 Å². The Morgan fingerprint density at radius 2 is 2.28 bits per heavy atom. The van der Waals surface area contributed by atoms with Crippen molar-refractivity contribution in [3.8, 4) is 0 Å². The van der Waals surface area contributed by atoms with Crippen LogP contribution in [-0.4, -0.2) is 46.5 Å². The number of rotatable bonds is 7. The molecule has 0 bridgehead atoms. The summed E-state index contributed by atoms with van der Waals surface area (Å²) < 4.78 is 0. The molecule has 105 valence electrons. The molecule has 0 aromatic carbocycles. The van der Waals surface area contributed by atoms with E-state index in [2.05, 4.69) is 20.3 Å². The summed E-state index contributed by atoms with van der Waals surface area (Å²) in [5.74, 6) is 0.890. The number of H-pyrrole nitrogens is 1. The van der Waals surface area contributed by atoms with E-state index in [1.165, 1.54) is 0 Å². The van der Waals surface area contributed by atoms with Crippen LogP contribution in [0.1, 0.15) is 31.8 Å². The number of hydrogen-bond acceptors (Lipinski definition) is 3. The summed E-state index contributed by atoms with van der Waals surface area (Å²) in [6.45, 7) is 7.05. The first kappa shape index (κ1) is 17.3. The van der Waals surface area contributed by atoms with Crippen molar-refractivity contribution in [3.63, 3.8) is 0 Å². The number of hydrogen-bond donors (Lipinski definition) is 2. The van der Waals surface area contributed by atoms with E-state index in [9.17, 15) is 5.11 Å². The molecule has 0 fully saturated rings. The molecule has 0 saturated heterocycles. The van der Waals surface area contributed by atoms with E-state index in [1.807, 2.05) is 20.0 Å². The summed E-state index contributed by atoms with van der Waals surface area (Å²) in [5.41, 5.74) is 0.847. The van der Waals surface area contributed by atoms with E-state index < -0.39 is 0 Å². The third-order valence-corrected chi connectivity index (χ3v) is 2.30. The average Bonchev–Trinajstić information content (AvgIpc) is 2.62. The van der Waals surface area contributed by atoms with E-state index in [0.29, 0.717) is 19.5 Å². The van der Waals surface area contributed by atoms with Gasteiger partial charge in [0.25, 0.3) is 0 Å². The van der Waals surface area contributed by atoms with Crippen LogP contribution in [0.4, 0.5) is 0 Å². The van der Waals surface area contributed by atoms with Crippen LogP contribution in [0.25, 0.3) is 5.32 Å². The van der Waals surface area contributed by atoms with Crippen LogP contribution in [-0.2, 0) is 17.1 Å². The molecular formula is C12H21CuN4O+. The van der Waals surface area contributed by atoms with Gasteiger partial charge in [0, 0.05) is 25.1 Å². The van der Waals surface area contributed by atoms with Gasteiger partial charge in [-0.15, -0.1) is 12.6 Å². The molecule has 1 radical (unpaired) electrons. The third-order valence-electron chi connectivity index (χ3n) is 2.30. The maximum atomic E-state index is 9.18. The van der Waals surface area contributed by atoms with Gasteiger partial charge < -0.3 is 15.4 Å². The summed E-state index contributed by atoms with van der Waals surface area (Å²) >= 11 is 0. The molecular weight excluding hydrogens is 280 g/mol. The molecule has 1 aromatic rings. The summed E-state index contributed by atoms with van der Waals surface area (Å²) in [4.78, 5) is 11.5. The number of nitrogens with zero attached hydrogens (tertiary/aromatic N) is 3. The second kappa shape index (κ2) is 9.28. The molecule has 6 heteroatoms. The Labute approximate surface area is 119 Å². The Morgan fingerprint density at radius 3 is 2.83 bits per heavy atom. The number of aromatic nitrogens is 2. The van der Waals surface area contributed by atoms with Crippen LogP contribution in [0.15, 0.2) is 11.2 Å². The summed E-state index contributed by atoms with van der Waals surface area (Å²) in [6.07, 6.45) is 4.00. The Kier molecular flexibility index (Phi) is 8.93. The minimum Gasteiger partial charge on any atom is -0.658 e. The van der Waals surface area contributed by atoms with E-state index in [1.54, 1.807) is 13.1 Å². The number of aliphatic imine (C=N–C) groups is 1. The monoisotopic (exact) mass is 300 g/mol. The second-order valence-electron chi connectivity index (χ2n) is 4.29. The predicted molar refractivity (Wildman–Crippen MR) is 69.8 cm³/mol. The zero-order chi connectivity index (χ0) is 12.7. The maximum Gasteiger partial charge on any atom is 2.00 e. The summed E-state index contributed by atoms with van der Waals surface area (Å²) in [6, 6.07) is 0.192. The Balaban J connectivity index is 0.00000289. The Morgan fingerprint density at radius 1 is 1.56 bits per heavy atom. The molecule has 1 aromatic heterocycles. The quantitative estimate of drug-likeness (QED) is 0.456. The molecule has 0 amide bonds. The minimum absolute atomic E-state index is 0. The smallest absolute Gasteiger partial charge is 0.658 e. The van der Waals surface area contributed by atoms with E-state index in [4.69, 9.17) is 0 Å².